The van der Waals surface area contributed by atoms with Crippen LogP contribution in [-0.2, 0) is 6.54 Å². The lowest BCUT2D eigenvalue weighted by atomic mass is 10.2. The molecule has 1 N–H and O–H groups in total. The van der Waals surface area contributed by atoms with Gasteiger partial charge in [-0.2, -0.15) is 0 Å². The Bertz CT molecular complexity index is 259. The highest BCUT2D eigenvalue weighted by molar-refractivity contribution is 7.09. The first-order valence-electron chi connectivity index (χ1n) is 6.74. The van der Waals surface area contributed by atoms with E-state index in [4.69, 9.17) is 0 Å². The summed E-state index contributed by atoms with van der Waals surface area (Å²) in [7, 11) is 2.19. The van der Waals surface area contributed by atoms with Crippen LogP contribution in [0.1, 0.15) is 37.5 Å². The minimum Gasteiger partial charge on any atom is -0.315 e. The number of thiophene rings is 1. The Morgan fingerprint density at radius 3 is 2.82 bits per heavy atom. The minimum atomic E-state index is 1.08. The summed E-state index contributed by atoms with van der Waals surface area (Å²) in [6, 6.07) is 4.33. The lowest BCUT2D eigenvalue weighted by molar-refractivity contribution is 0.326. The van der Waals surface area contributed by atoms with E-state index >= 15 is 0 Å². The molecule has 2 nitrogen and oxygen atoms in total. The van der Waals surface area contributed by atoms with Crippen LogP contribution in [0.3, 0.4) is 0 Å². The zero-order chi connectivity index (χ0) is 12.3. The molecule has 0 saturated carbocycles. The van der Waals surface area contributed by atoms with Crippen molar-refractivity contribution in [2.45, 2.75) is 39.2 Å². The molecular weight excluding hydrogens is 228 g/mol. The average Bonchev–Trinajstić information content (AvgIpc) is 2.80. The summed E-state index contributed by atoms with van der Waals surface area (Å²) in [4.78, 5) is 3.83. The molecule has 98 valence electrons. The van der Waals surface area contributed by atoms with Crippen LogP contribution in [0.25, 0.3) is 0 Å². The number of rotatable bonds is 10. The fourth-order valence-corrected chi connectivity index (χ4v) is 2.60. The third-order valence-electron chi connectivity index (χ3n) is 2.88. The number of nitrogens with one attached hydrogen (secondary N) is 1. The fraction of sp³-hybridized carbons (Fsp3) is 0.714. The molecule has 0 spiro atoms. The van der Waals surface area contributed by atoms with E-state index in [2.05, 4.69) is 41.7 Å². The second-order valence-corrected chi connectivity index (χ2v) is 5.66. The smallest absolute Gasteiger partial charge is 0.0325 e. The van der Waals surface area contributed by atoms with Gasteiger partial charge >= 0.3 is 0 Å². The van der Waals surface area contributed by atoms with Crippen LogP contribution < -0.4 is 5.32 Å². The Hall–Kier alpha value is -0.380. The van der Waals surface area contributed by atoms with Gasteiger partial charge in [0.05, 0.1) is 0 Å². The van der Waals surface area contributed by atoms with Gasteiger partial charge in [0, 0.05) is 24.5 Å². The Balaban J connectivity index is 1.92. The van der Waals surface area contributed by atoms with Gasteiger partial charge in [0.2, 0.25) is 0 Å². The second-order valence-electron chi connectivity index (χ2n) is 4.63. The van der Waals surface area contributed by atoms with E-state index in [0.29, 0.717) is 0 Å². The predicted octanol–water partition coefficient (Wildman–Crippen LogP) is 3.35. The number of nitrogens with zero attached hydrogens (tertiary/aromatic N) is 1. The number of hydrogen-bond donors (Lipinski definition) is 1. The number of likely N-dealkylation sites (N-methyl/N-ethyl adjacent to an activating group) is 1. The van der Waals surface area contributed by atoms with Crippen LogP contribution in [0.5, 0.6) is 0 Å². The van der Waals surface area contributed by atoms with Gasteiger partial charge in [-0.15, -0.1) is 11.3 Å². The summed E-state index contributed by atoms with van der Waals surface area (Å²) in [6.45, 7) is 6.74. The Morgan fingerprint density at radius 2 is 2.12 bits per heavy atom. The van der Waals surface area contributed by atoms with Crippen molar-refractivity contribution in [1.29, 1.82) is 0 Å². The first-order valence-corrected chi connectivity index (χ1v) is 7.62. The summed E-state index contributed by atoms with van der Waals surface area (Å²) in [5, 5.41) is 5.66. The molecular formula is C14H26N2S. The summed E-state index contributed by atoms with van der Waals surface area (Å²) < 4.78 is 0. The number of unbranched alkanes of at least 4 members (excludes halogenated alkanes) is 3. The van der Waals surface area contributed by atoms with E-state index in [9.17, 15) is 0 Å². The molecule has 3 heteroatoms. The van der Waals surface area contributed by atoms with E-state index < -0.39 is 0 Å². The van der Waals surface area contributed by atoms with Crippen molar-refractivity contribution >= 4 is 11.3 Å². The second kappa shape index (κ2) is 9.63. The van der Waals surface area contributed by atoms with Crippen LogP contribution in [0.4, 0.5) is 0 Å². The summed E-state index contributed by atoms with van der Waals surface area (Å²) in [5.74, 6) is 0. The van der Waals surface area contributed by atoms with Crippen LogP contribution >= 0.6 is 11.3 Å². The van der Waals surface area contributed by atoms with Gasteiger partial charge in [-0.25, -0.2) is 0 Å². The molecule has 1 aromatic rings. The summed E-state index contributed by atoms with van der Waals surface area (Å²) in [6.07, 6.45) is 5.39. The zero-order valence-corrected chi connectivity index (χ0v) is 12.1. The van der Waals surface area contributed by atoms with Crippen molar-refractivity contribution in [2.75, 3.05) is 26.7 Å². The molecule has 1 heterocycles. The van der Waals surface area contributed by atoms with Gasteiger partial charge in [0.15, 0.2) is 0 Å². The first kappa shape index (κ1) is 14.7. The SMILES string of the molecule is CCCCCCNCCN(C)Cc1cccs1. The topological polar surface area (TPSA) is 15.3 Å². The molecule has 0 bridgehead atoms. The maximum absolute atomic E-state index is 3.52. The summed E-state index contributed by atoms with van der Waals surface area (Å²) in [5.41, 5.74) is 0. The summed E-state index contributed by atoms with van der Waals surface area (Å²) >= 11 is 1.84. The van der Waals surface area contributed by atoms with Crippen molar-refractivity contribution in [3.05, 3.63) is 22.4 Å². The monoisotopic (exact) mass is 254 g/mol. The largest absolute Gasteiger partial charge is 0.315 e. The van der Waals surface area contributed by atoms with Gasteiger partial charge in [0.25, 0.3) is 0 Å². The van der Waals surface area contributed by atoms with Gasteiger partial charge in [-0.3, -0.25) is 0 Å². The third kappa shape index (κ3) is 7.53. The van der Waals surface area contributed by atoms with E-state index in [0.717, 1.165) is 19.6 Å². The van der Waals surface area contributed by atoms with E-state index in [-0.39, 0.29) is 0 Å². The quantitative estimate of drug-likeness (QED) is 0.644. The predicted molar refractivity (Wildman–Crippen MR) is 77.7 cm³/mol. The molecule has 0 radical (unpaired) electrons. The standard InChI is InChI=1S/C14H26N2S/c1-3-4-5-6-9-15-10-11-16(2)13-14-8-7-12-17-14/h7-8,12,15H,3-6,9-11,13H2,1-2H3. The highest BCUT2D eigenvalue weighted by Gasteiger charge is 2.00. The van der Waals surface area contributed by atoms with Crippen molar-refractivity contribution in [2.24, 2.45) is 0 Å². The maximum Gasteiger partial charge on any atom is 0.0325 e. The molecule has 1 aromatic heterocycles. The molecule has 0 aromatic carbocycles. The molecule has 0 aliphatic carbocycles. The van der Waals surface area contributed by atoms with E-state index in [1.807, 2.05) is 11.3 Å². The normalized spacial score (nSPS) is 11.2. The highest BCUT2D eigenvalue weighted by Crippen LogP contribution is 2.10. The van der Waals surface area contributed by atoms with Crippen LogP contribution in [0, 0.1) is 0 Å². The molecule has 17 heavy (non-hydrogen) atoms. The number of hydrogen-bond acceptors (Lipinski definition) is 3. The highest BCUT2D eigenvalue weighted by atomic mass is 32.1. The van der Waals surface area contributed by atoms with Crippen LogP contribution in [0.2, 0.25) is 0 Å². The molecule has 1 rings (SSSR count). The Kier molecular flexibility index (Phi) is 8.32. The zero-order valence-electron chi connectivity index (χ0n) is 11.2. The van der Waals surface area contributed by atoms with E-state index in [1.54, 1.807) is 0 Å². The lowest BCUT2D eigenvalue weighted by Gasteiger charge is -2.15. The van der Waals surface area contributed by atoms with Crippen molar-refractivity contribution < 1.29 is 0 Å². The molecule has 0 atom stereocenters. The van der Waals surface area contributed by atoms with Gasteiger partial charge in [-0.05, 0) is 31.5 Å². The van der Waals surface area contributed by atoms with E-state index in [1.165, 1.54) is 37.1 Å². The van der Waals surface area contributed by atoms with Gasteiger partial charge in [-0.1, -0.05) is 32.3 Å². The molecule has 0 amide bonds. The molecule has 0 fully saturated rings. The van der Waals surface area contributed by atoms with Crippen molar-refractivity contribution in [3.8, 4) is 0 Å². The van der Waals surface area contributed by atoms with Crippen LogP contribution in [-0.4, -0.2) is 31.6 Å². The first-order chi connectivity index (χ1) is 8.33. The van der Waals surface area contributed by atoms with Gasteiger partial charge < -0.3 is 10.2 Å². The Labute approximate surface area is 110 Å². The third-order valence-corrected chi connectivity index (χ3v) is 3.74. The van der Waals surface area contributed by atoms with Crippen LogP contribution in [0.15, 0.2) is 17.5 Å². The Morgan fingerprint density at radius 1 is 1.24 bits per heavy atom. The maximum atomic E-state index is 3.52. The molecule has 0 saturated heterocycles. The van der Waals surface area contributed by atoms with Crippen molar-refractivity contribution in [1.82, 2.24) is 10.2 Å². The lowest BCUT2D eigenvalue weighted by Crippen LogP contribution is -2.29. The molecule has 0 aliphatic rings. The average molecular weight is 254 g/mol. The minimum absolute atomic E-state index is 1.08. The fourth-order valence-electron chi connectivity index (χ4n) is 1.82. The van der Waals surface area contributed by atoms with Gasteiger partial charge in [0.1, 0.15) is 0 Å². The van der Waals surface area contributed by atoms with Crippen molar-refractivity contribution in [3.63, 3.8) is 0 Å². The molecule has 0 aliphatic heterocycles. The molecule has 0 unspecified atom stereocenters.